The molecule has 10 heteroatoms. The fourth-order valence-corrected chi connectivity index (χ4v) is 3.88. The minimum Gasteiger partial charge on any atom is -0.315 e. The molecule has 0 aromatic carbocycles. The number of halogens is 3. The van der Waals surface area contributed by atoms with Gasteiger partial charge in [0.1, 0.15) is 5.83 Å². The van der Waals surface area contributed by atoms with Crippen molar-refractivity contribution < 1.29 is 13.2 Å². The Morgan fingerprint density at radius 2 is 1.94 bits per heavy atom. The maximum absolute atomic E-state index is 15.9. The molecule has 4 rings (SSSR count). The number of rotatable bonds is 5. The van der Waals surface area contributed by atoms with Crippen LogP contribution in [0.15, 0.2) is 65.0 Å². The molecule has 0 saturated heterocycles. The molecule has 0 bridgehead atoms. The molecule has 2 aromatic heterocycles. The van der Waals surface area contributed by atoms with Crippen LogP contribution in [0.1, 0.15) is 51.4 Å². The Bertz CT molecular complexity index is 1250. The van der Waals surface area contributed by atoms with Gasteiger partial charge in [-0.1, -0.05) is 6.08 Å². The lowest BCUT2D eigenvalue weighted by Crippen LogP contribution is -2.27. The second kappa shape index (κ2) is 9.09. The van der Waals surface area contributed by atoms with Gasteiger partial charge in [-0.25, -0.2) is 10.2 Å². The van der Waals surface area contributed by atoms with Crippen LogP contribution >= 0.6 is 0 Å². The molecule has 1 aliphatic heterocycles. The number of hydrazine groups is 1. The summed E-state index contributed by atoms with van der Waals surface area (Å²) in [5.41, 5.74) is 2.24. The van der Waals surface area contributed by atoms with Crippen molar-refractivity contribution in [1.82, 2.24) is 24.6 Å². The number of pyridine rings is 1. The Kier molecular flexibility index (Phi) is 6.35. The molecule has 0 radical (unpaired) electrons. The summed E-state index contributed by atoms with van der Waals surface area (Å²) in [6.45, 7) is 5.13. The van der Waals surface area contributed by atoms with E-state index < -0.39 is 29.6 Å². The molecule has 0 unspecified atom stereocenters. The third-order valence-corrected chi connectivity index (χ3v) is 5.69. The molecule has 3 heterocycles. The SMILES string of the molecule is CC1=C\N(C)/N=C(C)/C=C(/F)C/C(C(F)(F)c2nnc3ccc(/C(C)=C/N(N)C4CC4)cn23)=C\1. The number of nitrogens with zero attached hydrogens (tertiary/aromatic N) is 6. The fourth-order valence-electron chi connectivity index (χ4n) is 3.88. The van der Waals surface area contributed by atoms with E-state index in [2.05, 4.69) is 15.3 Å². The number of hydrogen-bond acceptors (Lipinski definition) is 6. The van der Waals surface area contributed by atoms with Gasteiger partial charge in [0, 0.05) is 43.7 Å². The van der Waals surface area contributed by atoms with E-state index in [0.717, 1.165) is 24.5 Å². The molecule has 2 N–H and O–H groups in total. The van der Waals surface area contributed by atoms with Crippen LogP contribution in [0, 0.1) is 0 Å². The van der Waals surface area contributed by atoms with Crippen molar-refractivity contribution >= 4 is 16.9 Å². The molecule has 1 saturated carbocycles. The first-order valence-corrected chi connectivity index (χ1v) is 11.0. The summed E-state index contributed by atoms with van der Waals surface area (Å²) >= 11 is 0. The van der Waals surface area contributed by atoms with Crippen molar-refractivity contribution in [1.29, 1.82) is 0 Å². The molecule has 1 fully saturated rings. The first-order valence-electron chi connectivity index (χ1n) is 11.0. The molecule has 0 amide bonds. The highest BCUT2D eigenvalue weighted by molar-refractivity contribution is 5.93. The summed E-state index contributed by atoms with van der Waals surface area (Å²) in [4.78, 5) is 0. The number of hydrazone groups is 1. The zero-order valence-corrected chi connectivity index (χ0v) is 19.6. The van der Waals surface area contributed by atoms with Crippen LogP contribution in [0.25, 0.3) is 11.2 Å². The minimum absolute atomic E-state index is 0.268. The Balaban J connectivity index is 1.76. The summed E-state index contributed by atoms with van der Waals surface area (Å²) < 4.78 is 47.6. The van der Waals surface area contributed by atoms with Crippen molar-refractivity contribution in [2.24, 2.45) is 10.9 Å². The van der Waals surface area contributed by atoms with Crippen molar-refractivity contribution in [3.63, 3.8) is 0 Å². The van der Waals surface area contributed by atoms with E-state index in [-0.39, 0.29) is 5.65 Å². The standard InChI is InChI=1S/C24H28F3N7/c1-15-9-19(11-20(25)10-17(3)31-32(4)12-15)24(26,27)23-30-29-22-8-5-18(14-33(22)23)16(2)13-34(28)21-6-7-21/h5,8-10,12-14,21H,6-7,11,28H2,1-4H3/b15-12+,16-13+,19-9+,20-10+,31-17+. The van der Waals surface area contributed by atoms with Crippen LogP contribution in [0.4, 0.5) is 13.2 Å². The molecule has 7 nitrogen and oxygen atoms in total. The lowest BCUT2D eigenvalue weighted by atomic mass is 10.00. The maximum atomic E-state index is 15.9. The third kappa shape index (κ3) is 5.06. The van der Waals surface area contributed by atoms with Gasteiger partial charge in [0.2, 0.25) is 5.82 Å². The van der Waals surface area contributed by atoms with Crippen LogP contribution in [-0.4, -0.2) is 43.4 Å². The van der Waals surface area contributed by atoms with E-state index in [0.29, 0.717) is 22.9 Å². The Morgan fingerprint density at radius 1 is 1.21 bits per heavy atom. The minimum atomic E-state index is -3.58. The van der Waals surface area contributed by atoms with Gasteiger partial charge < -0.3 is 5.01 Å². The summed E-state index contributed by atoms with van der Waals surface area (Å²) in [6, 6.07) is 3.73. The molecule has 0 atom stereocenters. The highest BCUT2D eigenvalue weighted by Gasteiger charge is 2.42. The zero-order valence-electron chi connectivity index (χ0n) is 19.6. The maximum Gasteiger partial charge on any atom is 0.329 e. The summed E-state index contributed by atoms with van der Waals surface area (Å²) in [7, 11) is 1.65. The van der Waals surface area contributed by atoms with E-state index in [1.165, 1.54) is 15.5 Å². The predicted molar refractivity (Wildman–Crippen MR) is 126 cm³/mol. The van der Waals surface area contributed by atoms with Crippen molar-refractivity contribution in [2.45, 2.75) is 52.0 Å². The first kappa shape index (κ1) is 23.7. The largest absolute Gasteiger partial charge is 0.329 e. The normalized spacial score (nSPS) is 24.5. The van der Waals surface area contributed by atoms with Gasteiger partial charge in [0.15, 0.2) is 5.65 Å². The van der Waals surface area contributed by atoms with Crippen LogP contribution in [0.3, 0.4) is 0 Å². The van der Waals surface area contributed by atoms with E-state index in [4.69, 9.17) is 5.84 Å². The number of alkyl halides is 2. The van der Waals surface area contributed by atoms with Crippen LogP contribution in [0.2, 0.25) is 0 Å². The molecular formula is C24H28F3N7. The molecule has 2 aliphatic rings. The smallest absolute Gasteiger partial charge is 0.315 e. The average molecular weight is 472 g/mol. The van der Waals surface area contributed by atoms with Gasteiger partial charge in [0.25, 0.3) is 0 Å². The van der Waals surface area contributed by atoms with Crippen LogP contribution in [0.5, 0.6) is 0 Å². The second-order valence-corrected chi connectivity index (χ2v) is 8.86. The fraction of sp³-hybridized carbons (Fsp3) is 0.375. The lowest BCUT2D eigenvalue weighted by molar-refractivity contribution is 0.0237. The summed E-state index contributed by atoms with van der Waals surface area (Å²) in [5, 5.41) is 15.0. The second-order valence-electron chi connectivity index (χ2n) is 8.86. The Hall–Kier alpha value is -3.40. The lowest BCUT2D eigenvalue weighted by Gasteiger charge is -2.20. The summed E-state index contributed by atoms with van der Waals surface area (Å²) in [5.74, 6) is 1.17. The zero-order chi connectivity index (χ0) is 24.6. The topological polar surface area (TPSA) is 75.0 Å². The average Bonchev–Trinajstić information content (AvgIpc) is 3.50. The van der Waals surface area contributed by atoms with Gasteiger partial charge >= 0.3 is 5.92 Å². The number of nitrogens with two attached hydrogens (primary N) is 1. The molecule has 1 aliphatic carbocycles. The van der Waals surface area contributed by atoms with Gasteiger partial charge in [-0.3, -0.25) is 9.41 Å². The van der Waals surface area contributed by atoms with Crippen LogP contribution < -0.4 is 5.84 Å². The monoisotopic (exact) mass is 471 g/mol. The van der Waals surface area contributed by atoms with Crippen molar-refractivity contribution in [3.05, 3.63) is 71.2 Å². The van der Waals surface area contributed by atoms with E-state index in [9.17, 15) is 4.39 Å². The Morgan fingerprint density at radius 3 is 2.65 bits per heavy atom. The quantitative estimate of drug-likeness (QED) is 0.495. The highest BCUT2D eigenvalue weighted by atomic mass is 19.3. The molecular weight excluding hydrogens is 443 g/mol. The van der Waals surface area contributed by atoms with Gasteiger partial charge in [-0.2, -0.15) is 13.9 Å². The molecule has 180 valence electrons. The van der Waals surface area contributed by atoms with Gasteiger partial charge in [-0.15, -0.1) is 10.2 Å². The number of aromatic nitrogens is 3. The van der Waals surface area contributed by atoms with Gasteiger partial charge in [0.05, 0.1) is 5.71 Å². The van der Waals surface area contributed by atoms with Crippen LogP contribution in [-0.2, 0) is 5.92 Å². The number of fused-ring (bicyclic) bond motifs is 1. The van der Waals surface area contributed by atoms with E-state index in [1.54, 1.807) is 56.6 Å². The predicted octanol–water partition coefficient (Wildman–Crippen LogP) is 4.92. The van der Waals surface area contributed by atoms with Gasteiger partial charge in [-0.05, 0) is 68.5 Å². The highest BCUT2D eigenvalue weighted by Crippen LogP contribution is 2.39. The molecule has 0 spiro atoms. The van der Waals surface area contributed by atoms with E-state index in [1.807, 2.05) is 6.92 Å². The van der Waals surface area contributed by atoms with Crippen molar-refractivity contribution in [3.8, 4) is 0 Å². The molecule has 34 heavy (non-hydrogen) atoms. The van der Waals surface area contributed by atoms with Crippen molar-refractivity contribution in [2.75, 3.05) is 7.05 Å². The first-order chi connectivity index (χ1) is 16.0. The number of hydrogen-bond donors (Lipinski definition) is 1. The van der Waals surface area contributed by atoms with E-state index >= 15 is 8.78 Å². The Labute approximate surface area is 196 Å². The number of allylic oxidation sites excluding steroid dienone is 6. The third-order valence-electron chi connectivity index (χ3n) is 5.69. The molecule has 2 aromatic rings. The summed E-state index contributed by atoms with van der Waals surface area (Å²) in [6.07, 6.45) is 8.90.